The van der Waals surface area contributed by atoms with Crippen LogP contribution in [0.15, 0.2) is 59.2 Å². The van der Waals surface area contributed by atoms with E-state index in [1.165, 1.54) is 5.56 Å². The number of pyridine rings is 1. The standard InChI is InChI=1S/C16H14BrN3O/c17-13-6-7-14-10-15(19-20(14)11-13)16(21)18-9-8-12-4-2-1-3-5-12/h1-7,10-11H,8-9H2,(H,18,21). The van der Waals surface area contributed by atoms with Crippen molar-refractivity contribution in [2.45, 2.75) is 6.42 Å². The highest BCUT2D eigenvalue weighted by molar-refractivity contribution is 9.10. The highest BCUT2D eigenvalue weighted by Crippen LogP contribution is 2.13. The molecule has 0 atom stereocenters. The Balaban J connectivity index is 1.64. The second kappa shape index (κ2) is 6.10. The van der Waals surface area contributed by atoms with Crippen LogP contribution in [0, 0.1) is 0 Å². The molecule has 0 unspecified atom stereocenters. The topological polar surface area (TPSA) is 46.4 Å². The fraction of sp³-hybridized carbons (Fsp3) is 0.125. The van der Waals surface area contributed by atoms with Crippen LogP contribution in [0.2, 0.25) is 0 Å². The Kier molecular flexibility index (Phi) is 4.01. The number of nitrogens with one attached hydrogen (secondary N) is 1. The average molecular weight is 344 g/mol. The first-order chi connectivity index (χ1) is 10.2. The molecule has 0 radical (unpaired) electrons. The summed E-state index contributed by atoms with van der Waals surface area (Å²) in [6.07, 6.45) is 2.64. The molecule has 0 saturated carbocycles. The number of hydrogen-bond donors (Lipinski definition) is 1. The van der Waals surface area contributed by atoms with Crippen molar-refractivity contribution in [2.24, 2.45) is 0 Å². The normalized spacial score (nSPS) is 10.7. The molecule has 4 nitrogen and oxygen atoms in total. The van der Waals surface area contributed by atoms with E-state index in [0.717, 1.165) is 16.4 Å². The van der Waals surface area contributed by atoms with E-state index >= 15 is 0 Å². The third-order valence-electron chi connectivity index (χ3n) is 3.20. The van der Waals surface area contributed by atoms with Crippen molar-refractivity contribution in [3.8, 4) is 0 Å². The third kappa shape index (κ3) is 3.31. The first-order valence-corrected chi connectivity index (χ1v) is 7.49. The summed E-state index contributed by atoms with van der Waals surface area (Å²) in [6.45, 7) is 0.598. The van der Waals surface area contributed by atoms with Crippen LogP contribution < -0.4 is 5.32 Å². The van der Waals surface area contributed by atoms with Crippen LogP contribution in [0.3, 0.4) is 0 Å². The molecule has 106 valence electrons. The minimum Gasteiger partial charge on any atom is -0.350 e. The lowest BCUT2D eigenvalue weighted by atomic mass is 10.1. The molecule has 1 N–H and O–H groups in total. The van der Waals surface area contributed by atoms with Crippen molar-refractivity contribution in [1.82, 2.24) is 14.9 Å². The minimum absolute atomic E-state index is 0.147. The lowest BCUT2D eigenvalue weighted by molar-refractivity contribution is 0.0949. The van der Waals surface area contributed by atoms with Crippen molar-refractivity contribution >= 4 is 27.4 Å². The van der Waals surface area contributed by atoms with Gasteiger partial charge >= 0.3 is 0 Å². The van der Waals surface area contributed by atoms with Crippen LogP contribution >= 0.6 is 15.9 Å². The molecule has 3 aromatic rings. The second-order valence-electron chi connectivity index (χ2n) is 4.74. The molecule has 0 bridgehead atoms. The fourth-order valence-electron chi connectivity index (χ4n) is 2.13. The highest BCUT2D eigenvalue weighted by atomic mass is 79.9. The molecule has 0 aliphatic carbocycles. The van der Waals surface area contributed by atoms with E-state index in [9.17, 15) is 4.79 Å². The number of nitrogens with zero attached hydrogens (tertiary/aromatic N) is 2. The first-order valence-electron chi connectivity index (χ1n) is 6.69. The van der Waals surface area contributed by atoms with Crippen LogP contribution in [-0.2, 0) is 6.42 Å². The van der Waals surface area contributed by atoms with Gasteiger partial charge in [0.05, 0.1) is 5.52 Å². The van der Waals surface area contributed by atoms with Gasteiger partial charge in [-0.2, -0.15) is 5.10 Å². The van der Waals surface area contributed by atoms with E-state index in [0.29, 0.717) is 12.2 Å². The van der Waals surface area contributed by atoms with Crippen LogP contribution in [0.25, 0.3) is 5.52 Å². The Hall–Kier alpha value is -2.14. The van der Waals surface area contributed by atoms with Crippen molar-refractivity contribution in [2.75, 3.05) is 6.54 Å². The number of carbonyl (C=O) groups excluding carboxylic acids is 1. The van der Waals surface area contributed by atoms with E-state index in [4.69, 9.17) is 0 Å². The van der Waals surface area contributed by atoms with E-state index < -0.39 is 0 Å². The van der Waals surface area contributed by atoms with Gasteiger partial charge < -0.3 is 5.32 Å². The molecule has 2 aromatic heterocycles. The van der Waals surface area contributed by atoms with Gasteiger partial charge in [0.2, 0.25) is 0 Å². The van der Waals surface area contributed by atoms with E-state index in [-0.39, 0.29) is 5.91 Å². The maximum Gasteiger partial charge on any atom is 0.271 e. The molecule has 0 spiro atoms. The summed E-state index contributed by atoms with van der Waals surface area (Å²) in [5.41, 5.74) is 2.53. The van der Waals surface area contributed by atoms with Gasteiger partial charge in [-0.1, -0.05) is 30.3 Å². The van der Waals surface area contributed by atoms with Gasteiger partial charge in [0.25, 0.3) is 5.91 Å². The van der Waals surface area contributed by atoms with Crippen LogP contribution in [0.1, 0.15) is 16.1 Å². The monoisotopic (exact) mass is 343 g/mol. The van der Waals surface area contributed by atoms with Gasteiger partial charge in [0, 0.05) is 17.2 Å². The van der Waals surface area contributed by atoms with Crippen molar-refractivity contribution in [3.05, 3.63) is 70.5 Å². The van der Waals surface area contributed by atoms with Crippen LogP contribution in [0.4, 0.5) is 0 Å². The van der Waals surface area contributed by atoms with Gasteiger partial charge in [0.1, 0.15) is 0 Å². The molecule has 1 amide bonds. The Bertz CT molecular complexity index is 768. The molecular formula is C16H14BrN3O. The fourth-order valence-corrected chi connectivity index (χ4v) is 2.45. The van der Waals surface area contributed by atoms with Crippen molar-refractivity contribution < 1.29 is 4.79 Å². The average Bonchev–Trinajstić information content (AvgIpc) is 2.91. The van der Waals surface area contributed by atoms with Gasteiger partial charge in [0.15, 0.2) is 5.69 Å². The summed E-state index contributed by atoms with van der Waals surface area (Å²) >= 11 is 3.39. The molecule has 21 heavy (non-hydrogen) atoms. The SMILES string of the molecule is O=C(NCCc1ccccc1)c1cc2ccc(Br)cn2n1. The molecule has 0 aliphatic heterocycles. The predicted molar refractivity (Wildman–Crippen MR) is 85.4 cm³/mol. The number of amides is 1. The molecule has 0 fully saturated rings. The Morgan fingerprint density at radius 3 is 2.81 bits per heavy atom. The number of halogens is 1. The largest absolute Gasteiger partial charge is 0.350 e. The van der Waals surface area contributed by atoms with Crippen LogP contribution in [-0.4, -0.2) is 22.1 Å². The van der Waals surface area contributed by atoms with Crippen molar-refractivity contribution in [3.63, 3.8) is 0 Å². The summed E-state index contributed by atoms with van der Waals surface area (Å²) in [4.78, 5) is 12.1. The molecule has 3 rings (SSSR count). The van der Waals surface area contributed by atoms with Gasteiger partial charge in [-0.25, -0.2) is 4.52 Å². The maximum absolute atomic E-state index is 12.1. The molecule has 5 heteroatoms. The van der Waals surface area contributed by atoms with Crippen LogP contribution in [0.5, 0.6) is 0 Å². The van der Waals surface area contributed by atoms with Gasteiger partial charge in [-0.15, -0.1) is 0 Å². The highest BCUT2D eigenvalue weighted by Gasteiger charge is 2.10. The number of rotatable bonds is 4. The Labute approximate surface area is 130 Å². The zero-order chi connectivity index (χ0) is 14.7. The second-order valence-corrected chi connectivity index (χ2v) is 5.65. The third-order valence-corrected chi connectivity index (χ3v) is 3.67. The molecule has 0 saturated heterocycles. The van der Waals surface area contributed by atoms with Crippen molar-refractivity contribution in [1.29, 1.82) is 0 Å². The van der Waals surface area contributed by atoms with Gasteiger partial charge in [-0.3, -0.25) is 4.79 Å². The summed E-state index contributed by atoms with van der Waals surface area (Å²) in [7, 11) is 0. The molecule has 0 aliphatic rings. The van der Waals surface area contributed by atoms with E-state index in [1.54, 1.807) is 10.6 Å². The lowest BCUT2D eigenvalue weighted by Gasteiger charge is -2.03. The maximum atomic E-state index is 12.1. The minimum atomic E-state index is -0.147. The number of aromatic nitrogens is 2. The Morgan fingerprint density at radius 2 is 2.00 bits per heavy atom. The number of carbonyl (C=O) groups is 1. The zero-order valence-electron chi connectivity index (χ0n) is 11.3. The van der Waals surface area contributed by atoms with E-state index in [1.807, 2.05) is 36.5 Å². The number of hydrogen-bond acceptors (Lipinski definition) is 2. The predicted octanol–water partition coefficient (Wildman–Crippen LogP) is 3.07. The molecular weight excluding hydrogens is 330 g/mol. The van der Waals surface area contributed by atoms with Gasteiger partial charge in [-0.05, 0) is 46.1 Å². The number of fused-ring (bicyclic) bond motifs is 1. The molecule has 1 aromatic carbocycles. The van der Waals surface area contributed by atoms with E-state index in [2.05, 4.69) is 38.5 Å². The Morgan fingerprint density at radius 1 is 1.19 bits per heavy atom. The molecule has 2 heterocycles. The number of benzene rings is 1. The summed E-state index contributed by atoms with van der Waals surface area (Å²) in [5.74, 6) is -0.147. The lowest BCUT2D eigenvalue weighted by Crippen LogP contribution is -2.26. The quantitative estimate of drug-likeness (QED) is 0.791. The zero-order valence-corrected chi connectivity index (χ0v) is 12.9. The smallest absolute Gasteiger partial charge is 0.271 e. The first kappa shape index (κ1) is 13.8. The summed E-state index contributed by atoms with van der Waals surface area (Å²) in [5, 5.41) is 7.17. The summed E-state index contributed by atoms with van der Waals surface area (Å²) in [6, 6.07) is 15.7. The summed E-state index contributed by atoms with van der Waals surface area (Å²) < 4.78 is 2.62.